The molecule has 2 aromatic carbocycles. The fourth-order valence-corrected chi connectivity index (χ4v) is 4.30. The lowest BCUT2D eigenvalue weighted by atomic mass is 10.1. The zero-order chi connectivity index (χ0) is 22.4. The summed E-state index contributed by atoms with van der Waals surface area (Å²) in [6.45, 7) is 0.902. The van der Waals surface area contributed by atoms with E-state index in [1.54, 1.807) is 7.11 Å². The van der Waals surface area contributed by atoms with Crippen molar-refractivity contribution in [1.82, 2.24) is 4.72 Å². The van der Waals surface area contributed by atoms with Gasteiger partial charge in [0.15, 0.2) is 0 Å². The van der Waals surface area contributed by atoms with Crippen LogP contribution in [-0.4, -0.2) is 47.0 Å². The molecule has 1 fully saturated rings. The second kappa shape index (κ2) is 9.99. The number of sulfonamides is 1. The first-order valence-corrected chi connectivity index (χ1v) is 11.2. The first-order valence-electron chi connectivity index (χ1n) is 9.75. The van der Waals surface area contributed by atoms with Gasteiger partial charge in [-0.05, 0) is 55.0 Å². The van der Waals surface area contributed by atoms with Crippen LogP contribution in [0.2, 0.25) is 0 Å². The highest BCUT2D eigenvalue weighted by Gasteiger charge is 2.35. The molecule has 2 N–H and O–H groups in total. The van der Waals surface area contributed by atoms with Crippen LogP contribution in [0, 0.1) is 11.7 Å². The number of nitrogens with zero attached hydrogens (tertiary/aromatic N) is 1. The van der Waals surface area contributed by atoms with Gasteiger partial charge in [0.05, 0.1) is 10.8 Å². The standard InChI is InChI=1S/C21H24FN3O5S/c1-30-12-2-11-23-31(28,29)19-9-5-17(6-10-19)24-21(27)15-13-20(26)25(14-15)18-7-3-16(22)4-8-18/h3-10,15,23H,2,11-14H2,1H3,(H,24,27)/t15-/m1/s1. The quantitative estimate of drug-likeness (QED) is 0.571. The molecule has 0 radical (unpaired) electrons. The first-order chi connectivity index (χ1) is 14.8. The molecule has 1 aliphatic rings. The van der Waals surface area contributed by atoms with Gasteiger partial charge in [-0.3, -0.25) is 9.59 Å². The second-order valence-electron chi connectivity index (χ2n) is 7.14. The number of hydrogen-bond acceptors (Lipinski definition) is 5. The van der Waals surface area contributed by atoms with Gasteiger partial charge in [0, 0.05) is 44.6 Å². The molecule has 2 amide bonds. The smallest absolute Gasteiger partial charge is 0.240 e. The number of nitrogens with one attached hydrogen (secondary N) is 2. The van der Waals surface area contributed by atoms with E-state index in [4.69, 9.17) is 4.74 Å². The second-order valence-corrected chi connectivity index (χ2v) is 8.91. The van der Waals surface area contributed by atoms with Crippen molar-refractivity contribution in [2.45, 2.75) is 17.7 Å². The molecule has 1 heterocycles. The van der Waals surface area contributed by atoms with E-state index in [2.05, 4.69) is 10.0 Å². The summed E-state index contributed by atoms with van der Waals surface area (Å²) in [7, 11) is -2.10. The first kappa shape index (κ1) is 22.9. The Morgan fingerprint density at radius 2 is 1.84 bits per heavy atom. The SMILES string of the molecule is COCCCNS(=O)(=O)c1ccc(NC(=O)[C@@H]2CC(=O)N(c3ccc(F)cc3)C2)cc1. The van der Waals surface area contributed by atoms with E-state index in [0.29, 0.717) is 24.4 Å². The summed E-state index contributed by atoms with van der Waals surface area (Å²) in [4.78, 5) is 26.4. The molecule has 0 bridgehead atoms. The van der Waals surface area contributed by atoms with Gasteiger partial charge < -0.3 is 15.0 Å². The van der Waals surface area contributed by atoms with Gasteiger partial charge in [0.2, 0.25) is 21.8 Å². The fraction of sp³-hybridized carbons (Fsp3) is 0.333. The Bertz CT molecular complexity index is 1030. The molecule has 1 atom stereocenters. The Morgan fingerprint density at radius 1 is 1.16 bits per heavy atom. The largest absolute Gasteiger partial charge is 0.385 e. The number of methoxy groups -OCH3 is 1. The van der Waals surface area contributed by atoms with E-state index in [9.17, 15) is 22.4 Å². The number of carbonyl (C=O) groups is 2. The summed E-state index contributed by atoms with van der Waals surface area (Å²) in [5.74, 6) is -1.53. The highest BCUT2D eigenvalue weighted by atomic mass is 32.2. The van der Waals surface area contributed by atoms with Crippen molar-refractivity contribution in [2.75, 3.05) is 37.0 Å². The van der Waals surface area contributed by atoms with E-state index in [-0.39, 0.29) is 36.2 Å². The molecule has 3 rings (SSSR count). The van der Waals surface area contributed by atoms with Crippen molar-refractivity contribution in [3.63, 3.8) is 0 Å². The van der Waals surface area contributed by atoms with E-state index >= 15 is 0 Å². The minimum absolute atomic E-state index is 0.0427. The lowest BCUT2D eigenvalue weighted by molar-refractivity contribution is -0.122. The monoisotopic (exact) mass is 449 g/mol. The fourth-order valence-electron chi connectivity index (χ4n) is 3.22. The number of benzene rings is 2. The van der Waals surface area contributed by atoms with Gasteiger partial charge in [-0.2, -0.15) is 0 Å². The maximum atomic E-state index is 13.1. The molecule has 2 aromatic rings. The van der Waals surface area contributed by atoms with Crippen molar-refractivity contribution in [3.05, 3.63) is 54.3 Å². The Morgan fingerprint density at radius 3 is 2.48 bits per heavy atom. The van der Waals surface area contributed by atoms with Crippen LogP contribution < -0.4 is 14.9 Å². The molecule has 1 aliphatic heterocycles. The van der Waals surface area contributed by atoms with Crippen LogP contribution in [0.25, 0.3) is 0 Å². The van der Waals surface area contributed by atoms with Gasteiger partial charge in [0.1, 0.15) is 5.82 Å². The molecule has 0 aromatic heterocycles. The number of anilines is 2. The van der Waals surface area contributed by atoms with E-state index in [1.165, 1.54) is 53.4 Å². The van der Waals surface area contributed by atoms with Crippen molar-refractivity contribution in [3.8, 4) is 0 Å². The summed E-state index contributed by atoms with van der Waals surface area (Å²) in [6, 6.07) is 11.3. The number of amides is 2. The van der Waals surface area contributed by atoms with Crippen molar-refractivity contribution >= 4 is 33.2 Å². The molecule has 8 nitrogen and oxygen atoms in total. The summed E-state index contributed by atoms with van der Waals surface area (Å²) < 4.78 is 45.0. The molecule has 0 aliphatic carbocycles. The third-order valence-electron chi connectivity index (χ3n) is 4.88. The predicted molar refractivity (Wildman–Crippen MR) is 114 cm³/mol. The summed E-state index contributed by atoms with van der Waals surface area (Å²) in [6.07, 6.45) is 0.597. The van der Waals surface area contributed by atoms with E-state index in [1.807, 2.05) is 0 Å². The molecule has 10 heteroatoms. The number of halogens is 1. The molecule has 0 saturated carbocycles. The minimum Gasteiger partial charge on any atom is -0.385 e. The maximum Gasteiger partial charge on any atom is 0.240 e. The Labute approximate surface area is 180 Å². The normalized spacial score (nSPS) is 16.5. The molecular formula is C21H24FN3O5S. The van der Waals surface area contributed by atoms with Gasteiger partial charge in [0.25, 0.3) is 0 Å². The average molecular weight is 450 g/mol. The van der Waals surface area contributed by atoms with Crippen LogP contribution in [-0.2, 0) is 24.3 Å². The zero-order valence-corrected chi connectivity index (χ0v) is 17.8. The van der Waals surface area contributed by atoms with E-state index < -0.39 is 21.8 Å². The van der Waals surface area contributed by atoms with Gasteiger partial charge in [-0.15, -0.1) is 0 Å². The maximum absolute atomic E-state index is 13.1. The topological polar surface area (TPSA) is 105 Å². The Kier molecular flexibility index (Phi) is 7.37. The Balaban J connectivity index is 1.58. The number of carbonyl (C=O) groups excluding carboxylic acids is 2. The van der Waals surface area contributed by atoms with Crippen LogP contribution in [0.15, 0.2) is 53.4 Å². The molecule has 1 saturated heterocycles. The van der Waals surface area contributed by atoms with Crippen LogP contribution in [0.3, 0.4) is 0 Å². The summed E-state index contributed by atoms with van der Waals surface area (Å²) in [5.41, 5.74) is 0.963. The van der Waals surface area contributed by atoms with Crippen molar-refractivity contribution in [1.29, 1.82) is 0 Å². The lowest BCUT2D eigenvalue weighted by Crippen LogP contribution is -2.28. The molecule has 31 heavy (non-hydrogen) atoms. The molecule has 0 unspecified atom stereocenters. The average Bonchev–Trinajstić information content (AvgIpc) is 3.14. The molecule has 0 spiro atoms. The van der Waals surface area contributed by atoms with Crippen LogP contribution in [0.5, 0.6) is 0 Å². The minimum atomic E-state index is -3.65. The van der Waals surface area contributed by atoms with Crippen LogP contribution in [0.1, 0.15) is 12.8 Å². The predicted octanol–water partition coefficient (Wildman–Crippen LogP) is 2.13. The zero-order valence-electron chi connectivity index (χ0n) is 17.0. The number of hydrogen-bond donors (Lipinski definition) is 2. The number of rotatable bonds is 9. The molecule has 166 valence electrons. The highest BCUT2D eigenvalue weighted by molar-refractivity contribution is 7.89. The van der Waals surface area contributed by atoms with Crippen molar-refractivity contribution in [2.24, 2.45) is 5.92 Å². The van der Waals surface area contributed by atoms with Crippen LogP contribution in [0.4, 0.5) is 15.8 Å². The third-order valence-corrected chi connectivity index (χ3v) is 6.36. The highest BCUT2D eigenvalue weighted by Crippen LogP contribution is 2.26. The van der Waals surface area contributed by atoms with Gasteiger partial charge in [-0.1, -0.05) is 0 Å². The van der Waals surface area contributed by atoms with Crippen LogP contribution >= 0.6 is 0 Å². The van der Waals surface area contributed by atoms with Gasteiger partial charge >= 0.3 is 0 Å². The van der Waals surface area contributed by atoms with Crippen molar-refractivity contribution < 1.29 is 27.1 Å². The third kappa shape index (κ3) is 5.87. The number of ether oxygens (including phenoxy) is 1. The summed E-state index contributed by atoms with van der Waals surface area (Å²) in [5, 5.41) is 2.71. The lowest BCUT2D eigenvalue weighted by Gasteiger charge is -2.16. The van der Waals surface area contributed by atoms with Gasteiger partial charge in [-0.25, -0.2) is 17.5 Å². The Hall–Kier alpha value is -2.82. The summed E-state index contributed by atoms with van der Waals surface area (Å²) >= 11 is 0. The van der Waals surface area contributed by atoms with E-state index in [0.717, 1.165) is 0 Å². The molecular weight excluding hydrogens is 425 g/mol.